The maximum atomic E-state index is 13.9. The molecule has 1 aliphatic heterocycles. The van der Waals surface area contributed by atoms with E-state index < -0.39 is 58.7 Å². The van der Waals surface area contributed by atoms with Gasteiger partial charge in [0.05, 0.1) is 35.8 Å². The first kappa shape index (κ1) is 17.5. The van der Waals surface area contributed by atoms with Gasteiger partial charge in [-0.25, -0.2) is 17.2 Å². The van der Waals surface area contributed by atoms with Crippen LogP contribution in [0.4, 0.5) is 8.78 Å². The molecule has 0 aliphatic carbocycles. The molecule has 1 N–H and O–H groups in total. The third-order valence-corrected chi connectivity index (χ3v) is 5.08. The Balaban J connectivity index is 2.07. The first-order valence-corrected chi connectivity index (χ1v) is 8.63. The van der Waals surface area contributed by atoms with Crippen molar-refractivity contribution >= 4 is 21.7 Å². The van der Waals surface area contributed by atoms with Crippen LogP contribution >= 0.6 is 0 Å². The molecular weight excluding hydrogens is 332 g/mol. The topological polar surface area (TPSA) is 91.8 Å². The number of hydrogen-bond acceptors (Lipinski definition) is 5. The highest BCUT2D eigenvalue weighted by atomic mass is 32.2. The summed E-state index contributed by atoms with van der Waals surface area (Å²) in [4.78, 5) is 24.5. The molecule has 2 amide bonds. The molecule has 9 heteroatoms. The van der Waals surface area contributed by atoms with Gasteiger partial charge in [0.25, 0.3) is 17.7 Å². The molecule has 0 saturated heterocycles. The number of nitrogens with zero attached hydrogens (tertiary/aromatic N) is 1. The number of halogens is 2. The smallest absolute Gasteiger partial charge is 0.266 e. The monoisotopic (exact) mass is 347 g/mol. The Kier molecular flexibility index (Phi) is 4.81. The lowest BCUT2D eigenvalue weighted by Crippen LogP contribution is -2.41. The maximum Gasteiger partial charge on any atom is 0.266 e. The standard InChI is InChI=1S/C14H15F2NO5S/c15-14(16,5-7-23(21,22)8-6-18)9-17-12(19)10-3-1-2-4-11(10)13(17)20/h1-4,18H,5-9H2. The number of carbonyl (C=O) groups excluding carboxylic acids is 2. The van der Waals surface area contributed by atoms with Gasteiger partial charge in [0.2, 0.25) is 0 Å². The first-order valence-electron chi connectivity index (χ1n) is 6.81. The summed E-state index contributed by atoms with van der Waals surface area (Å²) in [7, 11) is -3.80. The normalized spacial score (nSPS) is 15.2. The van der Waals surface area contributed by atoms with Crippen molar-refractivity contribution in [2.24, 2.45) is 0 Å². The molecule has 23 heavy (non-hydrogen) atoms. The fraction of sp³-hybridized carbons (Fsp3) is 0.429. The molecule has 0 spiro atoms. The van der Waals surface area contributed by atoms with E-state index in [1.165, 1.54) is 24.3 Å². The molecule has 1 aromatic rings. The number of carbonyl (C=O) groups is 2. The van der Waals surface area contributed by atoms with Crippen LogP contribution in [0.15, 0.2) is 24.3 Å². The van der Waals surface area contributed by atoms with E-state index in [1.54, 1.807) is 0 Å². The third-order valence-electron chi connectivity index (χ3n) is 3.45. The van der Waals surface area contributed by atoms with Crippen LogP contribution in [-0.2, 0) is 9.84 Å². The van der Waals surface area contributed by atoms with Crippen LogP contribution in [0, 0.1) is 0 Å². The molecule has 0 unspecified atom stereocenters. The summed E-state index contributed by atoms with van der Waals surface area (Å²) in [5.74, 6) is -6.60. The molecule has 6 nitrogen and oxygen atoms in total. The first-order chi connectivity index (χ1) is 10.7. The zero-order chi connectivity index (χ0) is 17.3. The van der Waals surface area contributed by atoms with Gasteiger partial charge in [-0.2, -0.15) is 0 Å². The van der Waals surface area contributed by atoms with E-state index >= 15 is 0 Å². The number of imide groups is 1. The summed E-state index contributed by atoms with van der Waals surface area (Å²) < 4.78 is 50.6. The van der Waals surface area contributed by atoms with Gasteiger partial charge < -0.3 is 5.11 Å². The number of aliphatic hydroxyl groups excluding tert-OH is 1. The van der Waals surface area contributed by atoms with Crippen LogP contribution < -0.4 is 0 Å². The molecule has 1 heterocycles. The summed E-state index contributed by atoms with van der Waals surface area (Å²) in [6, 6.07) is 5.79. The summed E-state index contributed by atoms with van der Waals surface area (Å²) in [5.41, 5.74) is 0.113. The summed E-state index contributed by atoms with van der Waals surface area (Å²) in [6.45, 7) is -1.82. The Labute approximate surface area is 131 Å². The molecule has 0 radical (unpaired) electrons. The van der Waals surface area contributed by atoms with Crippen molar-refractivity contribution in [1.82, 2.24) is 4.90 Å². The summed E-state index contributed by atoms with van der Waals surface area (Å²) in [6.07, 6.45) is -1.03. The average Bonchev–Trinajstić information content (AvgIpc) is 2.71. The van der Waals surface area contributed by atoms with Gasteiger partial charge in [0, 0.05) is 6.42 Å². The van der Waals surface area contributed by atoms with Crippen LogP contribution in [-0.4, -0.2) is 60.8 Å². The molecule has 0 fully saturated rings. The Hall–Kier alpha value is -1.87. The zero-order valence-electron chi connectivity index (χ0n) is 12.0. The maximum absolute atomic E-state index is 13.9. The van der Waals surface area contributed by atoms with Gasteiger partial charge in [0.1, 0.15) is 0 Å². The Morgan fingerprint density at radius 3 is 2.04 bits per heavy atom. The van der Waals surface area contributed by atoms with Crippen LogP contribution in [0.25, 0.3) is 0 Å². The van der Waals surface area contributed by atoms with Crippen molar-refractivity contribution in [1.29, 1.82) is 0 Å². The van der Waals surface area contributed by atoms with Crippen molar-refractivity contribution in [3.05, 3.63) is 35.4 Å². The van der Waals surface area contributed by atoms with E-state index in [1.807, 2.05) is 0 Å². The molecule has 1 aromatic carbocycles. The fourth-order valence-corrected chi connectivity index (χ4v) is 3.33. The quantitative estimate of drug-likeness (QED) is 0.734. The number of hydrogen-bond donors (Lipinski definition) is 1. The Bertz CT molecular complexity index is 697. The van der Waals surface area contributed by atoms with Gasteiger partial charge >= 0.3 is 0 Å². The SMILES string of the molecule is O=C1c2ccccc2C(=O)N1CC(F)(F)CCS(=O)(=O)CCO. The molecule has 2 rings (SSSR count). The Morgan fingerprint density at radius 1 is 1.04 bits per heavy atom. The van der Waals surface area contributed by atoms with Crippen LogP contribution in [0.3, 0.4) is 0 Å². The lowest BCUT2D eigenvalue weighted by atomic mass is 10.1. The molecule has 0 atom stereocenters. The molecule has 126 valence electrons. The predicted molar refractivity (Wildman–Crippen MR) is 77.1 cm³/mol. The second-order valence-corrected chi connectivity index (χ2v) is 7.53. The highest BCUT2D eigenvalue weighted by molar-refractivity contribution is 7.91. The predicted octanol–water partition coefficient (Wildman–Crippen LogP) is 0.715. The van der Waals surface area contributed by atoms with E-state index in [2.05, 4.69) is 0 Å². The number of sulfone groups is 1. The lowest BCUT2D eigenvalue weighted by Gasteiger charge is -2.22. The summed E-state index contributed by atoms with van der Waals surface area (Å²) >= 11 is 0. The second-order valence-electron chi connectivity index (χ2n) is 5.22. The molecule has 0 aromatic heterocycles. The third kappa shape index (κ3) is 3.91. The molecular formula is C14H15F2NO5S. The van der Waals surface area contributed by atoms with Crippen LogP contribution in [0.5, 0.6) is 0 Å². The van der Waals surface area contributed by atoms with Gasteiger partial charge in [-0.15, -0.1) is 0 Å². The highest BCUT2D eigenvalue weighted by Crippen LogP contribution is 2.28. The van der Waals surface area contributed by atoms with Gasteiger partial charge in [-0.1, -0.05) is 12.1 Å². The number of amides is 2. The molecule has 1 aliphatic rings. The number of alkyl halides is 2. The highest BCUT2D eigenvalue weighted by Gasteiger charge is 2.42. The van der Waals surface area contributed by atoms with Gasteiger partial charge in [0.15, 0.2) is 9.84 Å². The molecule has 0 saturated carbocycles. The second kappa shape index (κ2) is 6.32. The number of fused-ring (bicyclic) bond motifs is 1. The fourth-order valence-electron chi connectivity index (χ4n) is 2.24. The van der Waals surface area contributed by atoms with Crippen LogP contribution in [0.1, 0.15) is 27.1 Å². The number of rotatable bonds is 7. The van der Waals surface area contributed by atoms with E-state index in [0.717, 1.165) is 0 Å². The lowest BCUT2D eigenvalue weighted by molar-refractivity contribution is -0.0246. The summed E-state index contributed by atoms with van der Waals surface area (Å²) in [5, 5.41) is 8.57. The van der Waals surface area contributed by atoms with Crippen molar-refractivity contribution in [3.63, 3.8) is 0 Å². The van der Waals surface area contributed by atoms with Crippen molar-refractivity contribution in [2.45, 2.75) is 12.3 Å². The van der Waals surface area contributed by atoms with Gasteiger partial charge in [-0.3, -0.25) is 14.5 Å². The average molecular weight is 347 g/mol. The largest absolute Gasteiger partial charge is 0.395 e. The minimum absolute atomic E-state index is 0.0567. The van der Waals surface area contributed by atoms with Crippen LogP contribution in [0.2, 0.25) is 0 Å². The minimum Gasteiger partial charge on any atom is -0.395 e. The van der Waals surface area contributed by atoms with Gasteiger partial charge in [-0.05, 0) is 12.1 Å². The van der Waals surface area contributed by atoms with Crippen molar-refractivity contribution < 1.29 is 31.9 Å². The Morgan fingerprint density at radius 2 is 1.57 bits per heavy atom. The van der Waals surface area contributed by atoms with Crippen molar-refractivity contribution in [3.8, 4) is 0 Å². The zero-order valence-corrected chi connectivity index (χ0v) is 12.9. The van der Waals surface area contributed by atoms with E-state index in [0.29, 0.717) is 4.90 Å². The van der Waals surface area contributed by atoms with Crippen molar-refractivity contribution in [2.75, 3.05) is 24.7 Å². The number of aliphatic hydroxyl groups is 1. The van der Waals surface area contributed by atoms with E-state index in [4.69, 9.17) is 5.11 Å². The number of benzene rings is 1. The van der Waals surface area contributed by atoms with E-state index in [-0.39, 0.29) is 11.1 Å². The van der Waals surface area contributed by atoms with E-state index in [9.17, 15) is 26.8 Å². The minimum atomic E-state index is -3.80. The molecule has 0 bridgehead atoms.